The zero-order valence-corrected chi connectivity index (χ0v) is 10.6. The summed E-state index contributed by atoms with van der Waals surface area (Å²) < 4.78 is 37.1. The van der Waals surface area contributed by atoms with Gasteiger partial charge in [-0.25, -0.2) is 4.98 Å². The van der Waals surface area contributed by atoms with Crippen molar-refractivity contribution in [3.63, 3.8) is 0 Å². The van der Waals surface area contributed by atoms with Gasteiger partial charge in [-0.15, -0.1) is 11.3 Å². The molecule has 0 aliphatic carbocycles. The van der Waals surface area contributed by atoms with Gasteiger partial charge >= 0.3 is 6.18 Å². The number of pyridine rings is 1. The molecular formula is C12H11F3N2OS. The summed E-state index contributed by atoms with van der Waals surface area (Å²) in [6, 6.07) is 3.61. The highest BCUT2D eigenvalue weighted by Gasteiger charge is 2.35. The lowest BCUT2D eigenvalue weighted by Crippen LogP contribution is -2.03. The number of aliphatic hydroxyl groups is 1. The first kappa shape index (κ1) is 14.0. The number of aromatic nitrogens is 2. The maximum Gasteiger partial charge on any atom is 0.443 e. The van der Waals surface area contributed by atoms with Crippen LogP contribution in [0.5, 0.6) is 0 Å². The van der Waals surface area contributed by atoms with E-state index >= 15 is 0 Å². The van der Waals surface area contributed by atoms with Crippen molar-refractivity contribution >= 4 is 11.3 Å². The molecule has 0 aliphatic rings. The molecule has 7 heteroatoms. The highest BCUT2D eigenvalue weighted by atomic mass is 32.1. The van der Waals surface area contributed by atoms with Crippen LogP contribution in [0, 0.1) is 0 Å². The molecule has 2 aromatic heterocycles. The van der Waals surface area contributed by atoms with E-state index in [0.29, 0.717) is 24.2 Å². The van der Waals surface area contributed by atoms with E-state index in [1.807, 2.05) is 0 Å². The van der Waals surface area contributed by atoms with Crippen LogP contribution in [0.4, 0.5) is 13.2 Å². The lowest BCUT2D eigenvalue weighted by molar-refractivity contribution is -0.137. The number of nitrogens with zero attached hydrogens (tertiary/aromatic N) is 2. The number of thiazole rings is 1. The molecule has 0 saturated heterocycles. The van der Waals surface area contributed by atoms with E-state index < -0.39 is 17.3 Å². The molecule has 1 N–H and O–H groups in total. The summed E-state index contributed by atoms with van der Waals surface area (Å²) in [6.45, 7) is 0. The standard InChI is InChI=1S/C12H11F3N2OS/c13-12(14,15)11-17-7-10(19-11)9(18)2-1-8-3-5-16-6-4-8/h3-7,9,18H,1-2H2. The molecular weight excluding hydrogens is 277 g/mol. The molecule has 19 heavy (non-hydrogen) atoms. The first-order valence-corrected chi connectivity index (χ1v) is 6.38. The second-order valence-electron chi connectivity index (χ2n) is 3.98. The quantitative estimate of drug-likeness (QED) is 0.939. The van der Waals surface area contributed by atoms with Crippen molar-refractivity contribution in [1.29, 1.82) is 0 Å². The van der Waals surface area contributed by atoms with Gasteiger partial charge in [-0.2, -0.15) is 13.2 Å². The minimum absolute atomic E-state index is 0.237. The smallest absolute Gasteiger partial charge is 0.388 e. The van der Waals surface area contributed by atoms with E-state index in [1.54, 1.807) is 24.5 Å². The predicted molar refractivity (Wildman–Crippen MR) is 64.6 cm³/mol. The topological polar surface area (TPSA) is 46.0 Å². The Kier molecular flexibility index (Phi) is 4.16. The Hall–Kier alpha value is -1.47. The molecule has 102 valence electrons. The third-order valence-electron chi connectivity index (χ3n) is 2.55. The fourth-order valence-corrected chi connectivity index (χ4v) is 2.37. The van der Waals surface area contributed by atoms with E-state index in [4.69, 9.17) is 0 Å². The normalized spacial score (nSPS) is 13.5. The van der Waals surface area contributed by atoms with Crippen LogP contribution >= 0.6 is 11.3 Å². The summed E-state index contributed by atoms with van der Waals surface area (Å²) >= 11 is 0.485. The van der Waals surface area contributed by atoms with Crippen LogP contribution in [-0.4, -0.2) is 15.1 Å². The zero-order valence-electron chi connectivity index (χ0n) is 9.76. The van der Waals surface area contributed by atoms with Gasteiger partial charge in [0.15, 0.2) is 5.01 Å². The fourth-order valence-electron chi connectivity index (χ4n) is 1.57. The molecule has 0 amide bonds. The molecule has 0 fully saturated rings. The van der Waals surface area contributed by atoms with E-state index in [-0.39, 0.29) is 4.88 Å². The SMILES string of the molecule is OC(CCc1ccncc1)c1cnc(C(F)(F)F)s1. The average molecular weight is 288 g/mol. The van der Waals surface area contributed by atoms with Gasteiger partial charge in [0.25, 0.3) is 0 Å². The molecule has 0 spiro atoms. The number of hydrogen-bond donors (Lipinski definition) is 1. The van der Waals surface area contributed by atoms with Gasteiger partial charge < -0.3 is 5.11 Å². The summed E-state index contributed by atoms with van der Waals surface area (Å²) in [7, 11) is 0. The first-order valence-electron chi connectivity index (χ1n) is 5.56. The van der Waals surface area contributed by atoms with Crippen molar-refractivity contribution in [2.45, 2.75) is 25.1 Å². The largest absolute Gasteiger partial charge is 0.443 e. The number of rotatable bonds is 4. The summed E-state index contributed by atoms with van der Waals surface area (Å²) in [4.78, 5) is 7.39. The van der Waals surface area contributed by atoms with Crippen LogP contribution in [0.3, 0.4) is 0 Å². The number of aryl methyl sites for hydroxylation is 1. The Bertz CT molecular complexity index is 527. The van der Waals surface area contributed by atoms with Crippen LogP contribution in [0.1, 0.15) is 28.0 Å². The lowest BCUT2D eigenvalue weighted by Gasteiger charge is -2.07. The molecule has 2 heterocycles. The van der Waals surface area contributed by atoms with Gasteiger partial charge in [0.2, 0.25) is 0 Å². The second kappa shape index (κ2) is 5.66. The van der Waals surface area contributed by atoms with Gasteiger partial charge in [0.05, 0.1) is 11.0 Å². The molecule has 0 radical (unpaired) electrons. The third kappa shape index (κ3) is 3.74. The summed E-state index contributed by atoms with van der Waals surface area (Å²) in [6.07, 6.45) is -0.0983. The van der Waals surface area contributed by atoms with E-state index in [9.17, 15) is 18.3 Å². The Labute approximate surface area is 111 Å². The fraction of sp³-hybridized carbons (Fsp3) is 0.333. The van der Waals surface area contributed by atoms with E-state index in [1.165, 1.54) is 0 Å². The van der Waals surface area contributed by atoms with Crippen LogP contribution in [0.15, 0.2) is 30.7 Å². The van der Waals surface area contributed by atoms with Crippen LogP contribution in [0.2, 0.25) is 0 Å². The summed E-state index contributed by atoms with van der Waals surface area (Å²) in [5, 5.41) is 8.92. The van der Waals surface area contributed by atoms with Gasteiger partial charge in [-0.05, 0) is 30.5 Å². The molecule has 1 atom stereocenters. The third-order valence-corrected chi connectivity index (χ3v) is 3.69. The Morgan fingerprint density at radius 2 is 1.95 bits per heavy atom. The minimum atomic E-state index is -4.45. The predicted octanol–water partition coefficient (Wildman–Crippen LogP) is 3.22. The first-order chi connectivity index (χ1) is 8.97. The second-order valence-corrected chi connectivity index (χ2v) is 5.04. The van der Waals surface area contributed by atoms with E-state index in [0.717, 1.165) is 11.8 Å². The molecule has 0 saturated carbocycles. The maximum atomic E-state index is 12.4. The molecule has 1 unspecified atom stereocenters. The van der Waals surface area contributed by atoms with Crippen LogP contribution in [0.25, 0.3) is 0 Å². The lowest BCUT2D eigenvalue weighted by atomic mass is 10.1. The molecule has 2 aromatic rings. The van der Waals surface area contributed by atoms with E-state index in [2.05, 4.69) is 9.97 Å². The van der Waals surface area contributed by atoms with Crippen molar-refractivity contribution in [2.75, 3.05) is 0 Å². The molecule has 0 bridgehead atoms. The molecule has 0 aliphatic heterocycles. The van der Waals surface area contributed by atoms with Gasteiger partial charge in [0.1, 0.15) is 0 Å². The van der Waals surface area contributed by atoms with Gasteiger partial charge in [-0.3, -0.25) is 4.98 Å². The van der Waals surface area contributed by atoms with Crippen molar-refractivity contribution in [2.24, 2.45) is 0 Å². The van der Waals surface area contributed by atoms with Crippen molar-refractivity contribution in [3.8, 4) is 0 Å². The Balaban J connectivity index is 1.97. The number of halogens is 3. The summed E-state index contributed by atoms with van der Waals surface area (Å²) in [5.41, 5.74) is 0.981. The average Bonchev–Trinajstić information content (AvgIpc) is 2.87. The van der Waals surface area contributed by atoms with Crippen molar-refractivity contribution < 1.29 is 18.3 Å². The highest BCUT2D eigenvalue weighted by Crippen LogP contribution is 2.35. The Morgan fingerprint density at radius 3 is 2.53 bits per heavy atom. The van der Waals surface area contributed by atoms with Gasteiger partial charge in [-0.1, -0.05) is 0 Å². The highest BCUT2D eigenvalue weighted by molar-refractivity contribution is 7.11. The number of alkyl halides is 3. The summed E-state index contributed by atoms with van der Waals surface area (Å²) in [5.74, 6) is 0. The zero-order chi connectivity index (χ0) is 13.9. The monoisotopic (exact) mass is 288 g/mol. The van der Waals surface area contributed by atoms with Crippen LogP contribution in [-0.2, 0) is 12.6 Å². The molecule has 3 nitrogen and oxygen atoms in total. The maximum absolute atomic E-state index is 12.4. The molecule has 2 rings (SSSR count). The van der Waals surface area contributed by atoms with Gasteiger partial charge in [0, 0.05) is 18.6 Å². The number of aliphatic hydroxyl groups excluding tert-OH is 1. The minimum Gasteiger partial charge on any atom is -0.388 e. The Morgan fingerprint density at radius 1 is 1.26 bits per heavy atom. The molecule has 0 aromatic carbocycles. The van der Waals surface area contributed by atoms with Crippen molar-refractivity contribution in [1.82, 2.24) is 9.97 Å². The number of hydrogen-bond acceptors (Lipinski definition) is 4. The van der Waals surface area contributed by atoms with Crippen molar-refractivity contribution in [3.05, 3.63) is 46.2 Å². The van der Waals surface area contributed by atoms with Crippen LogP contribution < -0.4 is 0 Å².